The monoisotopic (exact) mass is 325 g/mol. The first kappa shape index (κ1) is 15.9. The van der Waals surface area contributed by atoms with E-state index in [2.05, 4.69) is 22.1 Å². The number of rotatable bonds is 4. The first-order chi connectivity index (χ1) is 11.7. The number of hydrogen-bond donors (Lipinski definition) is 1. The molecule has 24 heavy (non-hydrogen) atoms. The molecule has 7 heteroatoms. The molecule has 1 aromatic carbocycles. The van der Waals surface area contributed by atoms with Gasteiger partial charge in [-0.25, -0.2) is 0 Å². The third-order valence-electron chi connectivity index (χ3n) is 4.04. The Balaban J connectivity index is 1.67. The molecular weight excluding hydrogens is 306 g/mol. The molecule has 124 valence electrons. The predicted octanol–water partition coefficient (Wildman–Crippen LogP) is 1.63. The molecule has 1 atom stereocenters. The van der Waals surface area contributed by atoms with Gasteiger partial charge in [0.05, 0.1) is 24.0 Å². The molecule has 0 radical (unpaired) electrons. The maximum atomic E-state index is 12.5. The maximum absolute atomic E-state index is 12.5. The normalized spacial score (nSPS) is 17.3. The van der Waals surface area contributed by atoms with E-state index in [1.807, 2.05) is 24.3 Å². The molecule has 3 rings (SSSR count). The fourth-order valence-electron chi connectivity index (χ4n) is 2.82. The highest BCUT2D eigenvalue weighted by molar-refractivity contribution is 5.94. The molecule has 1 aliphatic heterocycles. The molecule has 2 heterocycles. The van der Waals surface area contributed by atoms with Gasteiger partial charge in [0.1, 0.15) is 0 Å². The van der Waals surface area contributed by atoms with Crippen LogP contribution in [0, 0.1) is 5.92 Å². The van der Waals surface area contributed by atoms with E-state index >= 15 is 0 Å². The average molecular weight is 325 g/mol. The van der Waals surface area contributed by atoms with Gasteiger partial charge in [-0.05, 0) is 37.1 Å². The fourth-order valence-corrected chi connectivity index (χ4v) is 2.82. The van der Waals surface area contributed by atoms with Gasteiger partial charge in [0, 0.05) is 18.8 Å². The summed E-state index contributed by atoms with van der Waals surface area (Å²) in [6.07, 6.45) is 6.07. The number of aromatic nitrogens is 3. The number of benzene rings is 1. The van der Waals surface area contributed by atoms with Crippen LogP contribution in [0.2, 0.25) is 0 Å². The highest BCUT2D eigenvalue weighted by atomic mass is 16.2. The number of amides is 2. The Morgan fingerprint density at radius 3 is 2.83 bits per heavy atom. The molecular formula is C17H19N5O2. The van der Waals surface area contributed by atoms with Crippen molar-refractivity contribution in [2.45, 2.75) is 12.8 Å². The Kier molecular flexibility index (Phi) is 4.69. The Labute approximate surface area is 140 Å². The molecule has 2 amide bonds. The number of anilines is 1. The number of likely N-dealkylation sites (tertiary alicyclic amines) is 1. The van der Waals surface area contributed by atoms with E-state index in [4.69, 9.17) is 0 Å². The largest absolute Gasteiger partial charge is 0.338 e. The molecule has 0 unspecified atom stereocenters. The van der Waals surface area contributed by atoms with E-state index in [9.17, 15) is 9.59 Å². The maximum Gasteiger partial charge on any atom is 0.245 e. The highest BCUT2D eigenvalue weighted by Crippen LogP contribution is 2.20. The fraction of sp³-hybridized carbons (Fsp3) is 0.294. The summed E-state index contributed by atoms with van der Waals surface area (Å²) in [7, 11) is 0. The molecule has 1 saturated heterocycles. The highest BCUT2D eigenvalue weighted by Gasteiger charge is 2.27. The van der Waals surface area contributed by atoms with Gasteiger partial charge in [-0.1, -0.05) is 12.6 Å². The number of piperidine rings is 1. The van der Waals surface area contributed by atoms with E-state index in [-0.39, 0.29) is 17.7 Å². The van der Waals surface area contributed by atoms with Gasteiger partial charge < -0.3 is 10.2 Å². The zero-order valence-electron chi connectivity index (χ0n) is 13.3. The van der Waals surface area contributed by atoms with Crippen molar-refractivity contribution >= 4 is 17.5 Å². The summed E-state index contributed by atoms with van der Waals surface area (Å²) in [5.41, 5.74) is 1.45. The lowest BCUT2D eigenvalue weighted by Gasteiger charge is -2.31. The topological polar surface area (TPSA) is 80.1 Å². The zero-order valence-corrected chi connectivity index (χ0v) is 13.3. The van der Waals surface area contributed by atoms with E-state index in [1.54, 1.807) is 17.3 Å². The molecule has 1 fully saturated rings. The summed E-state index contributed by atoms with van der Waals surface area (Å²) >= 11 is 0. The van der Waals surface area contributed by atoms with Crippen LogP contribution in [-0.2, 0) is 9.59 Å². The summed E-state index contributed by atoms with van der Waals surface area (Å²) in [5, 5.41) is 11.1. The van der Waals surface area contributed by atoms with Gasteiger partial charge in [0.25, 0.3) is 0 Å². The summed E-state index contributed by atoms with van der Waals surface area (Å²) < 4.78 is 0. The molecule has 7 nitrogen and oxygen atoms in total. The number of nitrogens with one attached hydrogen (secondary N) is 1. The molecule has 1 N–H and O–H groups in total. The first-order valence-electron chi connectivity index (χ1n) is 7.86. The predicted molar refractivity (Wildman–Crippen MR) is 89.5 cm³/mol. The number of nitrogens with zero attached hydrogens (tertiary/aromatic N) is 4. The zero-order chi connectivity index (χ0) is 16.9. The minimum atomic E-state index is -0.214. The van der Waals surface area contributed by atoms with Crippen LogP contribution in [0.25, 0.3) is 5.69 Å². The number of carbonyl (C=O) groups is 2. The second kappa shape index (κ2) is 7.08. The smallest absolute Gasteiger partial charge is 0.245 e. The Bertz CT molecular complexity index is 741. The lowest BCUT2D eigenvalue weighted by molar-refractivity contribution is -0.130. The van der Waals surface area contributed by atoms with E-state index in [0.29, 0.717) is 18.8 Å². The Morgan fingerprint density at radius 2 is 2.08 bits per heavy atom. The second-order valence-corrected chi connectivity index (χ2v) is 5.69. The van der Waals surface area contributed by atoms with Gasteiger partial charge in [0.15, 0.2) is 0 Å². The molecule has 0 aliphatic carbocycles. The Hall–Kier alpha value is -2.96. The van der Waals surface area contributed by atoms with Crippen molar-refractivity contribution in [3.8, 4) is 5.69 Å². The van der Waals surface area contributed by atoms with Gasteiger partial charge >= 0.3 is 0 Å². The quantitative estimate of drug-likeness (QED) is 0.867. The van der Waals surface area contributed by atoms with E-state index in [0.717, 1.165) is 18.5 Å². The van der Waals surface area contributed by atoms with Gasteiger partial charge in [-0.2, -0.15) is 15.0 Å². The molecule has 1 aliphatic rings. The van der Waals surface area contributed by atoms with Crippen molar-refractivity contribution in [2.24, 2.45) is 5.92 Å². The molecule has 1 aromatic heterocycles. The average Bonchev–Trinajstić information content (AvgIpc) is 3.16. The van der Waals surface area contributed by atoms with Crippen molar-refractivity contribution in [2.75, 3.05) is 18.4 Å². The molecule has 0 spiro atoms. The van der Waals surface area contributed by atoms with Crippen LogP contribution < -0.4 is 5.32 Å². The molecule has 0 saturated carbocycles. The van der Waals surface area contributed by atoms with Gasteiger partial charge in [-0.15, -0.1) is 0 Å². The van der Waals surface area contributed by atoms with Crippen LogP contribution in [-0.4, -0.2) is 44.8 Å². The number of hydrogen-bond acceptors (Lipinski definition) is 4. The standard InChI is InChI=1S/C17H19N5O2/c1-2-16(23)21-10-4-5-13(12-21)17(24)20-14-6-3-7-15(11-14)22-18-8-9-19-22/h2-3,6-9,11,13H,1,4-5,10,12H2,(H,20,24)/t13-/m1/s1. The summed E-state index contributed by atoms with van der Waals surface area (Å²) in [6, 6.07) is 7.33. The van der Waals surface area contributed by atoms with E-state index < -0.39 is 0 Å². The van der Waals surface area contributed by atoms with Gasteiger partial charge in [-0.3, -0.25) is 9.59 Å². The van der Waals surface area contributed by atoms with Crippen LogP contribution in [0.15, 0.2) is 49.3 Å². The van der Waals surface area contributed by atoms with Crippen molar-refractivity contribution < 1.29 is 9.59 Å². The third kappa shape index (κ3) is 3.51. The SMILES string of the molecule is C=CC(=O)N1CCC[C@@H](C(=O)Nc2cccc(-n3nccn3)c2)C1. The summed E-state index contributed by atoms with van der Waals surface area (Å²) in [4.78, 5) is 27.4. The van der Waals surface area contributed by atoms with Crippen molar-refractivity contribution in [1.82, 2.24) is 19.9 Å². The summed E-state index contributed by atoms with van der Waals surface area (Å²) in [5.74, 6) is -0.421. The van der Waals surface area contributed by atoms with Crippen LogP contribution in [0.4, 0.5) is 5.69 Å². The lowest BCUT2D eigenvalue weighted by atomic mass is 9.97. The van der Waals surface area contributed by atoms with Crippen molar-refractivity contribution in [3.63, 3.8) is 0 Å². The lowest BCUT2D eigenvalue weighted by Crippen LogP contribution is -2.43. The molecule has 2 aromatic rings. The third-order valence-corrected chi connectivity index (χ3v) is 4.04. The van der Waals surface area contributed by atoms with Crippen LogP contribution in [0.1, 0.15) is 12.8 Å². The van der Waals surface area contributed by atoms with Crippen LogP contribution in [0.5, 0.6) is 0 Å². The minimum Gasteiger partial charge on any atom is -0.338 e. The van der Waals surface area contributed by atoms with E-state index in [1.165, 1.54) is 10.9 Å². The Morgan fingerprint density at radius 1 is 1.29 bits per heavy atom. The minimum absolute atomic E-state index is 0.0814. The van der Waals surface area contributed by atoms with Crippen molar-refractivity contribution in [1.29, 1.82) is 0 Å². The van der Waals surface area contributed by atoms with Crippen molar-refractivity contribution in [3.05, 3.63) is 49.3 Å². The number of carbonyl (C=O) groups excluding carboxylic acids is 2. The molecule has 0 bridgehead atoms. The van der Waals surface area contributed by atoms with Crippen LogP contribution in [0.3, 0.4) is 0 Å². The van der Waals surface area contributed by atoms with Crippen LogP contribution >= 0.6 is 0 Å². The second-order valence-electron chi connectivity index (χ2n) is 5.69. The van der Waals surface area contributed by atoms with Gasteiger partial charge in [0.2, 0.25) is 11.8 Å². The first-order valence-corrected chi connectivity index (χ1v) is 7.86. The summed E-state index contributed by atoms with van der Waals surface area (Å²) in [6.45, 7) is 4.60.